The number of fused-ring (bicyclic) bond motifs is 1. The average Bonchev–Trinajstić information content (AvgIpc) is 2.84. The number of pyridine rings is 2. The fourth-order valence-electron chi connectivity index (χ4n) is 4.98. The number of ether oxygens (including phenoxy) is 1. The topological polar surface area (TPSA) is 55.3 Å². The van der Waals surface area contributed by atoms with E-state index in [1.54, 1.807) is 6.20 Å². The van der Waals surface area contributed by atoms with Gasteiger partial charge in [0.05, 0.1) is 5.41 Å². The van der Waals surface area contributed by atoms with E-state index in [0.717, 1.165) is 61.1 Å². The molecule has 0 N–H and O–H groups in total. The lowest BCUT2D eigenvalue weighted by atomic mass is 9.72. The average molecular weight is 402 g/mol. The van der Waals surface area contributed by atoms with Crippen LogP contribution >= 0.6 is 0 Å². The van der Waals surface area contributed by atoms with E-state index in [4.69, 9.17) is 9.72 Å². The van der Waals surface area contributed by atoms with Crippen LogP contribution in [0.3, 0.4) is 0 Å². The van der Waals surface area contributed by atoms with E-state index < -0.39 is 5.41 Å². The lowest BCUT2D eigenvalue weighted by molar-refractivity contribution is -0.142. The summed E-state index contributed by atoms with van der Waals surface area (Å²) in [5, 5.41) is 1.07. The number of nitrogens with zero attached hydrogens (tertiary/aromatic N) is 3. The highest BCUT2D eigenvalue weighted by molar-refractivity contribution is 5.88. The first kappa shape index (κ1) is 19.2. The third kappa shape index (κ3) is 3.47. The molecule has 2 fully saturated rings. The van der Waals surface area contributed by atoms with Crippen molar-refractivity contribution in [2.45, 2.75) is 37.0 Å². The van der Waals surface area contributed by atoms with Crippen LogP contribution in [-0.2, 0) is 14.9 Å². The van der Waals surface area contributed by atoms with Crippen molar-refractivity contribution in [1.29, 1.82) is 0 Å². The van der Waals surface area contributed by atoms with Gasteiger partial charge in [0.2, 0.25) is 5.91 Å². The van der Waals surface area contributed by atoms with Crippen molar-refractivity contribution in [1.82, 2.24) is 14.9 Å². The second kappa shape index (κ2) is 8.15. The Balaban J connectivity index is 1.33. The maximum atomic E-state index is 13.7. The van der Waals surface area contributed by atoms with Crippen molar-refractivity contribution in [3.05, 3.63) is 72.1 Å². The number of likely N-dealkylation sites (tertiary alicyclic amines) is 1. The molecule has 30 heavy (non-hydrogen) atoms. The molecule has 2 aliphatic rings. The van der Waals surface area contributed by atoms with Crippen LogP contribution in [0.25, 0.3) is 11.0 Å². The second-order valence-electron chi connectivity index (χ2n) is 8.41. The third-order valence-corrected chi connectivity index (χ3v) is 6.77. The molecule has 5 nitrogen and oxygen atoms in total. The van der Waals surface area contributed by atoms with Gasteiger partial charge in [-0.05, 0) is 55.5 Å². The number of rotatable bonds is 3. The zero-order valence-corrected chi connectivity index (χ0v) is 17.2. The predicted octanol–water partition coefficient (Wildman–Crippen LogP) is 4.08. The van der Waals surface area contributed by atoms with E-state index in [1.165, 1.54) is 0 Å². The highest BCUT2D eigenvalue weighted by Crippen LogP contribution is 2.38. The van der Waals surface area contributed by atoms with Gasteiger partial charge in [-0.2, -0.15) is 0 Å². The summed E-state index contributed by atoms with van der Waals surface area (Å²) >= 11 is 0. The zero-order chi connectivity index (χ0) is 20.4. The monoisotopic (exact) mass is 401 g/mol. The molecule has 0 saturated carbocycles. The number of piperidine rings is 1. The van der Waals surface area contributed by atoms with Gasteiger partial charge < -0.3 is 9.64 Å². The molecule has 154 valence electrons. The minimum absolute atomic E-state index is 0.267. The Labute approximate surface area is 177 Å². The van der Waals surface area contributed by atoms with E-state index in [1.807, 2.05) is 30.3 Å². The smallest absolute Gasteiger partial charge is 0.233 e. The van der Waals surface area contributed by atoms with E-state index in [9.17, 15) is 4.79 Å². The molecule has 0 radical (unpaired) electrons. The molecule has 0 bridgehead atoms. The molecule has 1 aromatic carbocycles. The van der Waals surface area contributed by atoms with Gasteiger partial charge in [0.15, 0.2) is 5.65 Å². The summed E-state index contributed by atoms with van der Waals surface area (Å²) in [7, 11) is 0. The van der Waals surface area contributed by atoms with Gasteiger partial charge in [-0.1, -0.05) is 30.3 Å². The summed E-state index contributed by atoms with van der Waals surface area (Å²) < 4.78 is 5.61. The predicted molar refractivity (Wildman–Crippen MR) is 116 cm³/mol. The van der Waals surface area contributed by atoms with Crippen LogP contribution in [-0.4, -0.2) is 47.1 Å². The first-order valence-electron chi connectivity index (χ1n) is 10.9. The Hall–Kier alpha value is -2.79. The fraction of sp³-hybridized carbons (Fsp3) is 0.400. The van der Waals surface area contributed by atoms with Gasteiger partial charge >= 0.3 is 0 Å². The molecule has 0 aliphatic carbocycles. The zero-order valence-electron chi connectivity index (χ0n) is 17.2. The van der Waals surface area contributed by atoms with Crippen molar-refractivity contribution in [2.24, 2.45) is 0 Å². The molecule has 2 aromatic heterocycles. The Morgan fingerprint density at radius 3 is 2.50 bits per heavy atom. The van der Waals surface area contributed by atoms with Gasteiger partial charge in [-0.15, -0.1) is 0 Å². The second-order valence-corrected chi connectivity index (χ2v) is 8.41. The highest BCUT2D eigenvalue weighted by atomic mass is 16.5. The quantitative estimate of drug-likeness (QED) is 0.663. The first-order chi connectivity index (χ1) is 14.8. The molecule has 0 unspecified atom stereocenters. The summed E-state index contributed by atoms with van der Waals surface area (Å²) in [6.45, 7) is 2.85. The van der Waals surface area contributed by atoms with E-state index in [-0.39, 0.29) is 5.91 Å². The maximum Gasteiger partial charge on any atom is 0.233 e. The van der Waals surface area contributed by atoms with Crippen LogP contribution in [0.5, 0.6) is 0 Å². The molecule has 0 atom stereocenters. The number of hydrogen-bond acceptors (Lipinski definition) is 4. The number of aromatic nitrogens is 2. The SMILES string of the molecule is O=C(N1CCC(c2ccc3cccnc3n2)CC1)C1(c2ccccc2)CCOCC1. The standard InChI is InChI=1S/C25H27N3O2/c29-24(25(12-17-30-18-13-25)21-6-2-1-3-7-21)28-15-10-19(11-16-28)22-9-8-20-5-4-14-26-23(20)27-22/h1-9,14,19H,10-13,15-18H2. The molecule has 4 heterocycles. The summed E-state index contributed by atoms with van der Waals surface area (Å²) in [5.74, 6) is 0.645. The molecule has 1 amide bonds. The molecule has 5 heteroatoms. The van der Waals surface area contributed by atoms with E-state index in [0.29, 0.717) is 19.1 Å². The minimum atomic E-state index is -0.447. The molecule has 5 rings (SSSR count). The Morgan fingerprint density at radius 2 is 1.73 bits per heavy atom. The number of carbonyl (C=O) groups excluding carboxylic acids is 1. The van der Waals surface area contributed by atoms with Crippen LogP contribution < -0.4 is 0 Å². The lowest BCUT2D eigenvalue weighted by Crippen LogP contribution is -2.51. The molecule has 0 spiro atoms. The van der Waals surface area contributed by atoms with Crippen LogP contribution in [0.1, 0.15) is 42.9 Å². The van der Waals surface area contributed by atoms with Crippen LogP contribution in [0.15, 0.2) is 60.8 Å². The Morgan fingerprint density at radius 1 is 0.967 bits per heavy atom. The van der Waals surface area contributed by atoms with E-state index in [2.05, 4.69) is 34.1 Å². The molecular weight excluding hydrogens is 374 g/mol. The minimum Gasteiger partial charge on any atom is -0.381 e. The molecular formula is C25H27N3O2. The summed E-state index contributed by atoms with van der Waals surface area (Å²) in [6, 6.07) is 18.5. The van der Waals surface area contributed by atoms with Gasteiger partial charge in [-0.25, -0.2) is 9.97 Å². The van der Waals surface area contributed by atoms with Crippen molar-refractivity contribution >= 4 is 16.9 Å². The lowest BCUT2D eigenvalue weighted by Gasteiger charge is -2.42. The Bertz CT molecular complexity index is 1020. The van der Waals surface area contributed by atoms with Crippen LogP contribution in [0, 0.1) is 0 Å². The van der Waals surface area contributed by atoms with Crippen molar-refractivity contribution in [3.63, 3.8) is 0 Å². The van der Waals surface area contributed by atoms with E-state index >= 15 is 0 Å². The molecule has 2 aliphatic heterocycles. The third-order valence-electron chi connectivity index (χ3n) is 6.77. The Kier molecular flexibility index (Phi) is 5.21. The number of benzene rings is 1. The number of carbonyl (C=O) groups is 1. The van der Waals surface area contributed by atoms with Crippen LogP contribution in [0.4, 0.5) is 0 Å². The van der Waals surface area contributed by atoms with Crippen molar-refractivity contribution < 1.29 is 9.53 Å². The molecule has 3 aromatic rings. The van der Waals surface area contributed by atoms with Gasteiger partial charge in [0.25, 0.3) is 0 Å². The number of hydrogen-bond donors (Lipinski definition) is 0. The van der Waals surface area contributed by atoms with Crippen LogP contribution in [0.2, 0.25) is 0 Å². The summed E-state index contributed by atoms with van der Waals surface area (Å²) in [6.07, 6.45) is 5.19. The van der Waals surface area contributed by atoms with Crippen molar-refractivity contribution in [3.8, 4) is 0 Å². The summed E-state index contributed by atoms with van der Waals surface area (Å²) in [5.41, 5.74) is 2.58. The fourth-order valence-corrected chi connectivity index (χ4v) is 4.98. The molecule has 2 saturated heterocycles. The normalized spacial score (nSPS) is 19.7. The van der Waals surface area contributed by atoms with Crippen molar-refractivity contribution in [2.75, 3.05) is 26.3 Å². The maximum absolute atomic E-state index is 13.7. The highest BCUT2D eigenvalue weighted by Gasteiger charge is 2.44. The first-order valence-corrected chi connectivity index (χ1v) is 10.9. The van der Waals surface area contributed by atoms with Gasteiger partial charge in [0, 0.05) is 49.5 Å². The largest absolute Gasteiger partial charge is 0.381 e. The van der Waals surface area contributed by atoms with Gasteiger partial charge in [-0.3, -0.25) is 4.79 Å². The summed E-state index contributed by atoms with van der Waals surface area (Å²) in [4.78, 5) is 25.0. The van der Waals surface area contributed by atoms with Gasteiger partial charge in [0.1, 0.15) is 0 Å². The number of amides is 1.